The van der Waals surface area contributed by atoms with Gasteiger partial charge in [-0.15, -0.1) is 0 Å². The minimum absolute atomic E-state index is 0.787. The molecule has 0 aromatic carbocycles. The molecule has 2 heteroatoms. The molecule has 0 heterocycles. The molecule has 0 atom stereocenters. The van der Waals surface area contributed by atoms with Crippen molar-refractivity contribution in [1.82, 2.24) is 0 Å². The number of rotatable bonds is 3. The Hall–Kier alpha value is -0.660. The van der Waals surface area contributed by atoms with Crippen LogP contribution in [0, 0.1) is 0 Å². The highest BCUT2D eigenvalue weighted by molar-refractivity contribution is 6.15. The fraction of sp³-hybridized carbons (Fsp3) is 0.667. The van der Waals surface area contributed by atoms with Gasteiger partial charge in [0.15, 0.2) is 0 Å². The van der Waals surface area contributed by atoms with E-state index in [1.165, 1.54) is 0 Å². The summed E-state index contributed by atoms with van der Waals surface area (Å²) in [4.78, 5) is 7.69. The van der Waals surface area contributed by atoms with Gasteiger partial charge in [-0.1, -0.05) is 0 Å². The summed E-state index contributed by atoms with van der Waals surface area (Å²) in [6.45, 7) is 5.54. The van der Waals surface area contributed by atoms with E-state index in [9.17, 15) is 0 Å². The van der Waals surface area contributed by atoms with Crippen molar-refractivity contribution in [3.63, 3.8) is 0 Å². The fourth-order valence-electron chi connectivity index (χ4n) is 0.264. The monoisotopic (exact) mass is 111 g/mol. The van der Waals surface area contributed by atoms with E-state index in [-0.39, 0.29) is 0 Å². The molecule has 8 heavy (non-hydrogen) atoms. The minimum atomic E-state index is 0.787. The van der Waals surface area contributed by atoms with Crippen molar-refractivity contribution in [3.05, 3.63) is 0 Å². The van der Waals surface area contributed by atoms with E-state index in [1.54, 1.807) is 6.21 Å². The van der Waals surface area contributed by atoms with Gasteiger partial charge in [-0.2, -0.15) is 0 Å². The summed E-state index contributed by atoms with van der Waals surface area (Å²) in [6.07, 6.45) is 4.27. The highest BCUT2D eigenvalue weighted by Crippen LogP contribution is 1.62. The van der Waals surface area contributed by atoms with Crippen molar-refractivity contribution in [1.29, 1.82) is 0 Å². The van der Waals surface area contributed by atoms with Crippen molar-refractivity contribution in [2.75, 3.05) is 13.1 Å². The van der Waals surface area contributed by atoms with Gasteiger partial charge >= 0.3 is 0 Å². The lowest BCUT2D eigenvalue weighted by Crippen LogP contribution is -1.77. The summed E-state index contributed by atoms with van der Waals surface area (Å²) in [6, 6.07) is 0. The molecular weight excluding hydrogens is 100 g/mol. The first kappa shape index (κ1) is 7.34. The molecule has 0 aliphatic rings. The largest absolute Gasteiger partial charge is 0.291 e. The zero-order valence-corrected chi connectivity index (χ0v) is 5.39. The van der Waals surface area contributed by atoms with Gasteiger partial charge < -0.3 is 0 Å². The predicted octanol–water partition coefficient (Wildman–Crippen LogP) is 1.04. The van der Waals surface area contributed by atoms with Gasteiger partial charge in [0.05, 0.1) is 0 Å². The second-order valence-electron chi connectivity index (χ2n) is 1.23. The second-order valence-corrected chi connectivity index (χ2v) is 1.23. The van der Waals surface area contributed by atoms with Gasteiger partial charge in [-0.25, -0.2) is 0 Å². The van der Waals surface area contributed by atoms with Crippen molar-refractivity contribution in [2.24, 2.45) is 9.98 Å². The Labute approximate surface area is 50.4 Å². The smallest absolute Gasteiger partial charge is 0.102 e. The van der Waals surface area contributed by atoms with Crippen LogP contribution in [-0.2, 0) is 0 Å². The summed E-state index contributed by atoms with van der Waals surface area (Å²) in [5.74, 6) is 0. The average molecular weight is 111 g/mol. The molecule has 0 fully saturated rings. The Balaban J connectivity index is 3.13. The van der Waals surface area contributed by atoms with Crippen LogP contribution in [0.25, 0.3) is 0 Å². The van der Waals surface area contributed by atoms with Crippen LogP contribution in [0.15, 0.2) is 9.98 Å². The topological polar surface area (TPSA) is 24.7 Å². The number of hydrogen-bond acceptors (Lipinski definition) is 2. The average Bonchev–Trinajstić information content (AvgIpc) is 1.81. The Kier molecular flexibility index (Phi) is 5.82. The Morgan fingerprint density at radius 1 is 1.38 bits per heavy atom. The summed E-state index contributed by atoms with van der Waals surface area (Å²) in [7, 11) is 0. The summed E-state index contributed by atoms with van der Waals surface area (Å²) < 4.78 is 0. The normalized spacial score (nSPS) is 11.8. The first-order chi connectivity index (χ1) is 3.91. The lowest BCUT2D eigenvalue weighted by molar-refractivity contribution is 1.13. The molecule has 0 aliphatic heterocycles. The Morgan fingerprint density at radius 2 is 2.12 bits per heavy atom. The molecular formula is C6H11N2. The van der Waals surface area contributed by atoms with Crippen LogP contribution in [0.4, 0.5) is 0 Å². The summed E-state index contributed by atoms with van der Waals surface area (Å²) >= 11 is 0. The van der Waals surface area contributed by atoms with Gasteiger partial charge in [0.1, 0.15) is 6.21 Å². The first-order valence-corrected chi connectivity index (χ1v) is 2.82. The van der Waals surface area contributed by atoms with Gasteiger partial charge in [-0.05, 0) is 13.8 Å². The molecule has 2 nitrogen and oxygen atoms in total. The lowest BCUT2D eigenvalue weighted by atomic mass is 10.7. The molecule has 0 rings (SSSR count). The molecule has 0 N–H and O–H groups in total. The fourth-order valence-corrected chi connectivity index (χ4v) is 0.264. The molecule has 0 aromatic heterocycles. The van der Waals surface area contributed by atoms with E-state index in [4.69, 9.17) is 0 Å². The maximum atomic E-state index is 3.88. The van der Waals surface area contributed by atoms with Crippen molar-refractivity contribution in [2.45, 2.75) is 13.8 Å². The van der Waals surface area contributed by atoms with Crippen molar-refractivity contribution in [3.8, 4) is 0 Å². The van der Waals surface area contributed by atoms with E-state index < -0.39 is 0 Å². The molecule has 1 radical (unpaired) electrons. The van der Waals surface area contributed by atoms with E-state index in [2.05, 4.69) is 16.2 Å². The third kappa shape index (κ3) is 5.34. The quantitative estimate of drug-likeness (QED) is 0.486. The van der Waals surface area contributed by atoms with E-state index in [0.717, 1.165) is 13.1 Å². The summed E-state index contributed by atoms with van der Waals surface area (Å²) in [5.41, 5.74) is 0. The van der Waals surface area contributed by atoms with E-state index >= 15 is 0 Å². The van der Waals surface area contributed by atoms with Crippen LogP contribution in [0.1, 0.15) is 13.8 Å². The highest BCUT2D eigenvalue weighted by Gasteiger charge is 1.63. The number of nitrogens with zero attached hydrogens (tertiary/aromatic N) is 2. The lowest BCUT2D eigenvalue weighted by Gasteiger charge is -1.74. The second kappa shape index (κ2) is 6.34. The number of aliphatic imine (C=N–C) groups is 2. The van der Waals surface area contributed by atoms with Crippen LogP contribution < -0.4 is 0 Å². The van der Waals surface area contributed by atoms with Crippen LogP contribution in [0.3, 0.4) is 0 Å². The molecule has 0 aliphatic carbocycles. The Bertz CT molecular complexity index is 72.5. The first-order valence-electron chi connectivity index (χ1n) is 2.82. The van der Waals surface area contributed by atoms with E-state index in [1.807, 2.05) is 13.8 Å². The van der Waals surface area contributed by atoms with E-state index in [0.29, 0.717) is 0 Å². The van der Waals surface area contributed by atoms with Gasteiger partial charge in [-0.3, -0.25) is 9.98 Å². The van der Waals surface area contributed by atoms with Crippen LogP contribution in [-0.4, -0.2) is 25.5 Å². The van der Waals surface area contributed by atoms with Gasteiger partial charge in [0.25, 0.3) is 0 Å². The zero-order chi connectivity index (χ0) is 6.24. The third-order valence-electron chi connectivity index (χ3n) is 0.581. The van der Waals surface area contributed by atoms with Crippen LogP contribution in [0.2, 0.25) is 0 Å². The number of hydrogen-bond donors (Lipinski definition) is 0. The standard InChI is InChI=1S/C6H11N2/c1-3-7-5-6-8-4-2/h5H,3-4H2,1-2H3/b7-5-,8-6?. The molecule has 0 saturated carbocycles. The van der Waals surface area contributed by atoms with Crippen molar-refractivity contribution >= 4 is 12.4 Å². The van der Waals surface area contributed by atoms with Gasteiger partial charge in [0.2, 0.25) is 0 Å². The molecule has 0 saturated heterocycles. The molecule has 0 aromatic rings. The molecule has 45 valence electrons. The Morgan fingerprint density at radius 3 is 2.62 bits per heavy atom. The SMILES string of the molecule is CC/N=[C]\C=N/CC. The van der Waals surface area contributed by atoms with Crippen LogP contribution >= 0.6 is 0 Å². The predicted molar refractivity (Wildman–Crippen MR) is 37.0 cm³/mol. The summed E-state index contributed by atoms with van der Waals surface area (Å²) in [5, 5.41) is 0. The van der Waals surface area contributed by atoms with Crippen LogP contribution in [0.5, 0.6) is 0 Å². The minimum Gasteiger partial charge on any atom is -0.291 e. The third-order valence-corrected chi connectivity index (χ3v) is 0.581. The van der Waals surface area contributed by atoms with Crippen molar-refractivity contribution < 1.29 is 0 Å². The molecule has 0 spiro atoms. The maximum absolute atomic E-state index is 3.88. The maximum Gasteiger partial charge on any atom is 0.102 e. The van der Waals surface area contributed by atoms with Gasteiger partial charge in [0, 0.05) is 19.3 Å². The molecule has 0 unspecified atom stereocenters. The zero-order valence-electron chi connectivity index (χ0n) is 5.39. The molecule has 0 amide bonds. The molecule has 0 bridgehead atoms. The highest BCUT2D eigenvalue weighted by atomic mass is 14.7.